The van der Waals surface area contributed by atoms with Crippen LogP contribution in [0, 0.1) is 11.6 Å². The fourth-order valence-corrected chi connectivity index (χ4v) is 3.66. The van der Waals surface area contributed by atoms with Gasteiger partial charge in [-0.1, -0.05) is 18.1 Å². The van der Waals surface area contributed by atoms with Crippen molar-refractivity contribution in [2.45, 2.75) is 50.1 Å². The number of benzene rings is 1. The normalized spacial score (nSPS) is 24.0. The molecule has 0 N–H and O–H groups in total. The van der Waals surface area contributed by atoms with Crippen molar-refractivity contribution in [1.29, 1.82) is 0 Å². The van der Waals surface area contributed by atoms with Crippen LogP contribution in [0.2, 0.25) is 0 Å². The number of oxime groups is 1. The molecule has 0 aliphatic carbocycles. The first-order valence-corrected chi connectivity index (χ1v) is 8.46. The maximum Gasteiger partial charge on any atom is 0.407 e. The Morgan fingerprint density at radius 1 is 1.33 bits per heavy atom. The van der Waals surface area contributed by atoms with Gasteiger partial charge in [-0.2, -0.15) is 13.2 Å². The van der Waals surface area contributed by atoms with E-state index in [1.165, 1.54) is 0 Å². The van der Waals surface area contributed by atoms with Crippen molar-refractivity contribution in [3.05, 3.63) is 35.4 Å². The van der Waals surface area contributed by atoms with Gasteiger partial charge >= 0.3 is 6.18 Å². The van der Waals surface area contributed by atoms with Crippen LogP contribution >= 0.6 is 0 Å². The lowest BCUT2D eigenvalue weighted by molar-refractivity contribution is -0.131. The molecule has 3 nitrogen and oxygen atoms in total. The standard InChI is InChI=1S/C15H16F5NO2S/c1-3-14(2)8-7-11(21-23-14)24(22)13(15(18,19)20)12-9(16)5-4-6-10(12)17/h4-6,13H,3,7-8H2,1-2H3. The molecule has 1 heterocycles. The minimum atomic E-state index is -5.11. The van der Waals surface area contributed by atoms with E-state index in [-0.39, 0.29) is 11.5 Å². The first-order valence-electron chi connectivity index (χ1n) is 7.25. The fourth-order valence-electron chi connectivity index (χ4n) is 2.29. The fraction of sp³-hybridized carbons (Fsp3) is 0.533. The van der Waals surface area contributed by atoms with Crippen molar-refractivity contribution < 1.29 is 31.0 Å². The van der Waals surface area contributed by atoms with Gasteiger partial charge in [0.25, 0.3) is 0 Å². The molecule has 24 heavy (non-hydrogen) atoms. The molecule has 0 fully saturated rings. The van der Waals surface area contributed by atoms with E-state index in [1.807, 2.05) is 6.92 Å². The smallest absolute Gasteiger partial charge is 0.389 e. The largest absolute Gasteiger partial charge is 0.407 e. The average molecular weight is 369 g/mol. The molecule has 2 rings (SSSR count). The Kier molecular flexibility index (Phi) is 5.31. The molecule has 1 aromatic rings. The second-order valence-corrected chi connectivity index (χ2v) is 7.27. The zero-order chi connectivity index (χ0) is 18.1. The molecule has 0 radical (unpaired) electrons. The number of halogens is 5. The topological polar surface area (TPSA) is 38.7 Å². The van der Waals surface area contributed by atoms with Crippen LogP contribution in [-0.4, -0.2) is 21.0 Å². The molecule has 134 valence electrons. The summed E-state index contributed by atoms with van der Waals surface area (Å²) in [5.41, 5.74) is -1.92. The highest BCUT2D eigenvalue weighted by atomic mass is 32.2. The third kappa shape index (κ3) is 3.76. The van der Waals surface area contributed by atoms with Crippen LogP contribution < -0.4 is 0 Å². The van der Waals surface area contributed by atoms with Gasteiger partial charge in [-0.25, -0.2) is 8.78 Å². The summed E-state index contributed by atoms with van der Waals surface area (Å²) in [7, 11) is -2.80. The maximum atomic E-state index is 13.8. The molecule has 3 atom stereocenters. The highest BCUT2D eigenvalue weighted by molar-refractivity contribution is 8.00. The van der Waals surface area contributed by atoms with Gasteiger partial charge in [0.15, 0.2) is 5.25 Å². The van der Waals surface area contributed by atoms with Crippen LogP contribution in [0.1, 0.15) is 43.9 Å². The number of hydrogen-bond donors (Lipinski definition) is 0. The minimum Gasteiger partial charge on any atom is -0.389 e. The van der Waals surface area contributed by atoms with Gasteiger partial charge in [0, 0.05) is 12.0 Å². The number of alkyl halides is 3. The van der Waals surface area contributed by atoms with E-state index in [9.17, 15) is 26.2 Å². The van der Waals surface area contributed by atoms with E-state index >= 15 is 0 Å². The Bertz CT molecular complexity index is 656. The molecular weight excluding hydrogens is 353 g/mol. The lowest BCUT2D eigenvalue weighted by atomic mass is 9.97. The second-order valence-electron chi connectivity index (χ2n) is 5.73. The van der Waals surface area contributed by atoms with E-state index in [1.54, 1.807) is 6.92 Å². The number of rotatable bonds is 3. The SMILES string of the molecule is CCC1(C)CCC(S(=O)C(c2c(F)cccc2F)C(F)(F)F)=NO1. The summed E-state index contributed by atoms with van der Waals surface area (Å²) >= 11 is 0. The monoisotopic (exact) mass is 369 g/mol. The first kappa shape index (κ1) is 18.8. The molecule has 0 bridgehead atoms. The highest BCUT2D eigenvalue weighted by Gasteiger charge is 2.50. The summed E-state index contributed by atoms with van der Waals surface area (Å²) in [5.74, 6) is -2.80. The maximum absolute atomic E-state index is 13.8. The molecule has 0 aromatic heterocycles. The summed E-state index contributed by atoms with van der Waals surface area (Å²) in [6.07, 6.45) is -4.22. The van der Waals surface area contributed by atoms with Crippen LogP contribution in [-0.2, 0) is 15.6 Å². The van der Waals surface area contributed by atoms with Crippen molar-refractivity contribution in [1.82, 2.24) is 0 Å². The van der Waals surface area contributed by atoms with Gasteiger partial charge in [0.1, 0.15) is 22.3 Å². The van der Waals surface area contributed by atoms with E-state index in [0.717, 1.165) is 6.07 Å². The zero-order valence-corrected chi connectivity index (χ0v) is 13.8. The molecule has 9 heteroatoms. The zero-order valence-electron chi connectivity index (χ0n) is 13.0. The Morgan fingerprint density at radius 2 is 1.92 bits per heavy atom. The van der Waals surface area contributed by atoms with Crippen LogP contribution in [0.5, 0.6) is 0 Å². The second kappa shape index (κ2) is 6.78. The van der Waals surface area contributed by atoms with Crippen molar-refractivity contribution in [2.75, 3.05) is 0 Å². The molecule has 0 amide bonds. The Labute approximate surface area is 138 Å². The molecule has 1 aliphatic heterocycles. The van der Waals surface area contributed by atoms with Crippen molar-refractivity contribution in [3.63, 3.8) is 0 Å². The van der Waals surface area contributed by atoms with E-state index in [0.29, 0.717) is 25.0 Å². The van der Waals surface area contributed by atoms with Gasteiger partial charge in [-0.15, -0.1) is 0 Å². The summed E-state index contributed by atoms with van der Waals surface area (Å²) in [4.78, 5) is 5.15. The average Bonchev–Trinajstić information content (AvgIpc) is 2.50. The molecule has 1 aromatic carbocycles. The van der Waals surface area contributed by atoms with Crippen LogP contribution in [0.4, 0.5) is 22.0 Å². The molecule has 3 unspecified atom stereocenters. The predicted octanol–water partition coefficient (Wildman–Crippen LogP) is 4.61. The van der Waals surface area contributed by atoms with Gasteiger partial charge in [0.05, 0.1) is 10.8 Å². The summed E-state index contributed by atoms with van der Waals surface area (Å²) in [6.45, 7) is 3.55. The molecule has 1 aliphatic rings. The first-order chi connectivity index (χ1) is 11.1. The third-order valence-electron chi connectivity index (χ3n) is 3.99. The summed E-state index contributed by atoms with van der Waals surface area (Å²) in [5, 5.41) is 0.348. The minimum absolute atomic E-state index is 0.000394. The van der Waals surface area contributed by atoms with Crippen molar-refractivity contribution >= 4 is 15.8 Å². The predicted molar refractivity (Wildman–Crippen MR) is 79.7 cm³/mol. The lowest BCUT2D eigenvalue weighted by Gasteiger charge is -2.31. The van der Waals surface area contributed by atoms with Crippen LogP contribution in [0.15, 0.2) is 23.4 Å². The molecule has 0 spiro atoms. The molecule has 0 saturated carbocycles. The van der Waals surface area contributed by atoms with E-state index < -0.39 is 45.0 Å². The van der Waals surface area contributed by atoms with Gasteiger partial charge in [0.2, 0.25) is 0 Å². The Hall–Kier alpha value is -1.51. The Morgan fingerprint density at radius 3 is 2.33 bits per heavy atom. The highest BCUT2D eigenvalue weighted by Crippen LogP contribution is 2.41. The summed E-state index contributed by atoms with van der Waals surface area (Å²) < 4.78 is 80.1. The van der Waals surface area contributed by atoms with Crippen LogP contribution in [0.3, 0.4) is 0 Å². The third-order valence-corrected chi connectivity index (χ3v) is 5.66. The van der Waals surface area contributed by atoms with E-state index in [4.69, 9.17) is 4.84 Å². The summed E-state index contributed by atoms with van der Waals surface area (Å²) in [6, 6.07) is 2.34. The number of hydrogen-bond acceptors (Lipinski definition) is 3. The number of nitrogens with zero attached hydrogens (tertiary/aromatic N) is 1. The molecular formula is C15H16F5NO2S. The molecule has 0 saturated heterocycles. The van der Waals surface area contributed by atoms with E-state index in [2.05, 4.69) is 5.16 Å². The lowest BCUT2D eigenvalue weighted by Crippen LogP contribution is -2.36. The van der Waals surface area contributed by atoms with Gasteiger partial charge < -0.3 is 4.84 Å². The van der Waals surface area contributed by atoms with Crippen LogP contribution in [0.25, 0.3) is 0 Å². The Balaban J connectivity index is 2.42. The van der Waals surface area contributed by atoms with Gasteiger partial charge in [-0.05, 0) is 31.9 Å². The van der Waals surface area contributed by atoms with Crippen molar-refractivity contribution in [3.8, 4) is 0 Å². The quantitative estimate of drug-likeness (QED) is 0.730. The van der Waals surface area contributed by atoms with Gasteiger partial charge in [-0.3, -0.25) is 4.21 Å². The van der Waals surface area contributed by atoms with Crippen molar-refractivity contribution in [2.24, 2.45) is 5.16 Å².